The number of nitrogens with zero attached hydrogens (tertiary/aromatic N) is 1. The molecule has 0 bridgehead atoms. The third-order valence-corrected chi connectivity index (χ3v) is 11.8. The van der Waals surface area contributed by atoms with Gasteiger partial charge in [-0.3, -0.25) is 9.78 Å². The monoisotopic (exact) mass is 921 g/mol. The van der Waals surface area contributed by atoms with Crippen LogP contribution >= 0.6 is 11.3 Å². The Bertz CT molecular complexity index is 2240. The van der Waals surface area contributed by atoms with Crippen LogP contribution in [0.2, 0.25) is 0 Å². The van der Waals surface area contributed by atoms with Crippen molar-refractivity contribution in [1.29, 1.82) is 0 Å². The maximum Gasteiger partial charge on any atom is 0.162 e. The number of fused-ring (bicyclic) bond motifs is 3. The molecule has 3 heterocycles. The Kier molecular flexibility index (Phi) is 14.7. The number of benzene rings is 3. The van der Waals surface area contributed by atoms with Gasteiger partial charge >= 0.3 is 0 Å². The summed E-state index contributed by atoms with van der Waals surface area (Å²) in [6.07, 6.45) is 6.03. The van der Waals surface area contributed by atoms with E-state index in [0.29, 0.717) is 5.92 Å². The van der Waals surface area contributed by atoms with Gasteiger partial charge in [0.1, 0.15) is 11.3 Å². The van der Waals surface area contributed by atoms with E-state index in [9.17, 15) is 9.90 Å². The Morgan fingerprint density at radius 2 is 1.57 bits per heavy atom. The van der Waals surface area contributed by atoms with Gasteiger partial charge < -0.3 is 9.52 Å². The van der Waals surface area contributed by atoms with Crippen molar-refractivity contribution in [3.05, 3.63) is 100 Å². The SMILES string of the molecule is CCC(CC)C(=O)/C=C(\O)C(CC)CC.Cc1cc2nc(-c3[c-]c4ccccc4c(C(C)(C)C)c3)cc(-c3ccc4c(C)c(CC(C)C)sc4c3)c2o1.[Ir]. The molecule has 0 aliphatic rings. The topological polar surface area (TPSA) is 63.3 Å². The predicted octanol–water partition coefficient (Wildman–Crippen LogP) is 14.3. The van der Waals surface area contributed by atoms with E-state index in [1.54, 1.807) is 0 Å². The van der Waals surface area contributed by atoms with Crippen LogP contribution in [0, 0.1) is 37.7 Å². The third-order valence-electron chi connectivity index (χ3n) is 10.5. The zero-order chi connectivity index (χ0) is 38.6. The summed E-state index contributed by atoms with van der Waals surface area (Å²) in [5.74, 6) is 2.06. The Morgan fingerprint density at radius 3 is 2.20 bits per heavy atom. The van der Waals surface area contributed by atoms with E-state index in [1.165, 1.54) is 37.6 Å². The zero-order valence-corrected chi connectivity index (χ0v) is 37.3. The Labute approximate surface area is 340 Å². The number of aromatic nitrogens is 1. The van der Waals surface area contributed by atoms with Gasteiger partial charge in [-0.2, -0.15) is 0 Å². The van der Waals surface area contributed by atoms with E-state index < -0.39 is 0 Å². The second kappa shape index (κ2) is 18.4. The number of pyridine rings is 1. The molecule has 0 spiro atoms. The first-order valence-electron chi connectivity index (χ1n) is 19.5. The summed E-state index contributed by atoms with van der Waals surface area (Å²) in [6.45, 7) is 23.7. The second-order valence-corrected chi connectivity index (χ2v) is 17.1. The first kappa shape index (κ1) is 43.2. The van der Waals surface area contributed by atoms with Crippen LogP contribution in [0.15, 0.2) is 76.9 Å². The van der Waals surface area contributed by atoms with Gasteiger partial charge in [0.2, 0.25) is 0 Å². The van der Waals surface area contributed by atoms with Crippen LogP contribution < -0.4 is 0 Å². The first-order chi connectivity index (χ1) is 25.2. The van der Waals surface area contributed by atoms with Crippen molar-refractivity contribution in [3.63, 3.8) is 0 Å². The van der Waals surface area contributed by atoms with Crippen molar-refractivity contribution in [1.82, 2.24) is 4.98 Å². The van der Waals surface area contributed by atoms with E-state index in [2.05, 4.69) is 102 Å². The number of aliphatic hydroxyl groups is 1. The standard InChI is InChI=1S/C35H34NOS.C13H24O2.Ir/c1-20(2)14-32-22(4)26-13-12-24(18-33(26)38-32)28-19-30(36-31-15-21(3)37-34(28)31)25-16-23-10-8-9-11-27(23)29(17-25)35(5,6)7;1-5-10(6-2)12(14)9-13(15)11(7-3)8-4;/h8-13,15,17-20H,14H2,1-7H3;9-11,14H,5-8H2,1-4H3;/q-1;;/b;12-9-;. The van der Waals surface area contributed by atoms with E-state index in [0.717, 1.165) is 76.7 Å². The van der Waals surface area contributed by atoms with Crippen LogP contribution in [-0.2, 0) is 36.7 Å². The maximum atomic E-state index is 11.7. The molecular weight excluding hydrogens is 863 g/mol. The van der Waals surface area contributed by atoms with Crippen LogP contribution in [0.5, 0.6) is 0 Å². The predicted molar refractivity (Wildman–Crippen MR) is 227 cm³/mol. The molecule has 4 nitrogen and oxygen atoms in total. The number of carbonyl (C=O) groups excluding carboxylic acids is 1. The largest absolute Gasteiger partial charge is 0.512 e. The van der Waals surface area contributed by atoms with Crippen molar-refractivity contribution in [2.75, 3.05) is 0 Å². The molecule has 1 N–H and O–H groups in total. The summed E-state index contributed by atoms with van der Waals surface area (Å²) in [6, 6.07) is 25.6. The molecule has 0 aliphatic carbocycles. The number of aryl methyl sites for hydroxylation is 2. The fourth-order valence-corrected chi connectivity index (χ4v) is 8.73. The normalized spacial score (nSPS) is 12.2. The van der Waals surface area contributed by atoms with Crippen LogP contribution in [0.1, 0.15) is 110 Å². The van der Waals surface area contributed by atoms with Crippen LogP contribution in [0.4, 0.5) is 0 Å². The van der Waals surface area contributed by atoms with Gasteiger partial charge in [-0.15, -0.1) is 40.5 Å². The summed E-state index contributed by atoms with van der Waals surface area (Å²) in [7, 11) is 0. The average Bonchev–Trinajstić information content (AvgIpc) is 3.65. The van der Waals surface area contributed by atoms with Crippen molar-refractivity contribution in [2.24, 2.45) is 17.8 Å². The van der Waals surface area contributed by atoms with Gasteiger partial charge in [0, 0.05) is 64.9 Å². The van der Waals surface area contributed by atoms with Crippen LogP contribution in [0.25, 0.3) is 54.3 Å². The fraction of sp³-hybridized carbons (Fsp3) is 0.417. The summed E-state index contributed by atoms with van der Waals surface area (Å²) in [5, 5.41) is 13.5. The number of carbonyl (C=O) groups is 1. The fourth-order valence-electron chi connectivity index (χ4n) is 7.27. The smallest absolute Gasteiger partial charge is 0.162 e. The maximum absolute atomic E-state index is 11.7. The Hall–Kier alpha value is -3.57. The molecular formula is C48H58IrNO3S-. The molecule has 6 rings (SSSR count). The van der Waals surface area contributed by atoms with Gasteiger partial charge in [-0.1, -0.05) is 110 Å². The number of hydrogen-bond donors (Lipinski definition) is 1. The van der Waals surface area contributed by atoms with Gasteiger partial charge in [0.25, 0.3) is 0 Å². The molecule has 0 aliphatic heterocycles. The van der Waals surface area contributed by atoms with Gasteiger partial charge in [0.15, 0.2) is 11.4 Å². The van der Waals surface area contributed by atoms with E-state index >= 15 is 0 Å². The molecule has 1 radical (unpaired) electrons. The molecule has 54 heavy (non-hydrogen) atoms. The Morgan fingerprint density at radius 1 is 0.907 bits per heavy atom. The summed E-state index contributed by atoms with van der Waals surface area (Å²) in [5.41, 5.74) is 8.63. The number of rotatable bonds is 11. The number of allylic oxidation sites excluding steroid dienone is 2. The van der Waals surface area contributed by atoms with E-state index in [4.69, 9.17) is 9.40 Å². The van der Waals surface area contributed by atoms with Crippen molar-refractivity contribution >= 4 is 49.1 Å². The molecule has 3 aromatic carbocycles. The van der Waals surface area contributed by atoms with Crippen molar-refractivity contribution in [3.8, 4) is 22.4 Å². The number of aliphatic hydroxyl groups excluding tert-OH is 1. The summed E-state index contributed by atoms with van der Waals surface area (Å²) < 4.78 is 7.55. The van der Waals surface area contributed by atoms with Gasteiger partial charge in [0.05, 0.1) is 5.76 Å². The molecule has 6 heteroatoms. The molecule has 0 saturated carbocycles. The van der Waals surface area contributed by atoms with E-state index in [1.807, 2.05) is 52.0 Å². The third kappa shape index (κ3) is 9.62. The van der Waals surface area contributed by atoms with Crippen LogP contribution in [0.3, 0.4) is 0 Å². The average molecular weight is 921 g/mol. The Balaban J connectivity index is 0.000000347. The first-order valence-corrected chi connectivity index (χ1v) is 20.3. The second-order valence-electron chi connectivity index (χ2n) is 16.0. The number of thiophene rings is 1. The number of ketones is 1. The summed E-state index contributed by atoms with van der Waals surface area (Å²) in [4.78, 5) is 18.3. The van der Waals surface area contributed by atoms with Crippen molar-refractivity contribution in [2.45, 2.75) is 114 Å². The molecule has 0 amide bonds. The minimum Gasteiger partial charge on any atom is -0.512 e. The molecule has 6 aromatic rings. The molecule has 289 valence electrons. The van der Waals surface area contributed by atoms with E-state index in [-0.39, 0.29) is 48.9 Å². The van der Waals surface area contributed by atoms with Crippen LogP contribution in [-0.4, -0.2) is 15.9 Å². The molecule has 0 saturated heterocycles. The quantitative estimate of drug-likeness (QED) is 0.0799. The van der Waals surface area contributed by atoms with Gasteiger partial charge in [-0.05, 0) is 79.9 Å². The molecule has 0 fully saturated rings. The van der Waals surface area contributed by atoms with Crippen molar-refractivity contribution < 1.29 is 34.4 Å². The summed E-state index contributed by atoms with van der Waals surface area (Å²) >= 11 is 1.93. The molecule has 0 unspecified atom stereocenters. The number of furan rings is 1. The minimum absolute atomic E-state index is 0. The molecule has 3 aromatic heterocycles. The van der Waals surface area contributed by atoms with Gasteiger partial charge in [-0.25, -0.2) is 0 Å². The molecule has 0 atom stereocenters. The minimum atomic E-state index is -0.00161. The number of hydrogen-bond acceptors (Lipinski definition) is 5. The zero-order valence-electron chi connectivity index (χ0n) is 34.1.